The van der Waals surface area contributed by atoms with Crippen LogP contribution in [0, 0.1) is 9.39 Å². The number of halogens is 3. The van der Waals surface area contributed by atoms with E-state index in [1.165, 1.54) is 11.6 Å². The molecule has 0 bridgehead atoms. The van der Waals surface area contributed by atoms with Gasteiger partial charge in [-0.25, -0.2) is 4.39 Å². The first-order chi connectivity index (χ1) is 8.99. The van der Waals surface area contributed by atoms with Gasteiger partial charge in [-0.15, -0.1) is 0 Å². The predicted molar refractivity (Wildman–Crippen MR) is 87.0 cm³/mol. The molecule has 0 aliphatic heterocycles. The zero-order valence-electron chi connectivity index (χ0n) is 10.8. The zero-order chi connectivity index (χ0) is 14.0. The summed E-state index contributed by atoms with van der Waals surface area (Å²) in [5, 5.41) is 0.473. The van der Waals surface area contributed by atoms with Crippen LogP contribution in [-0.2, 0) is 6.54 Å². The van der Waals surface area contributed by atoms with Crippen LogP contribution < -0.4 is 0 Å². The lowest BCUT2D eigenvalue weighted by Crippen LogP contribution is -2.10. The summed E-state index contributed by atoms with van der Waals surface area (Å²) in [6.07, 6.45) is 0. The topological polar surface area (TPSA) is 3.24 Å². The molecule has 0 aliphatic carbocycles. The van der Waals surface area contributed by atoms with E-state index >= 15 is 0 Å². The summed E-state index contributed by atoms with van der Waals surface area (Å²) in [6.45, 7) is 0.898. The van der Waals surface area contributed by atoms with Crippen molar-refractivity contribution in [2.45, 2.75) is 6.54 Å². The molecule has 0 saturated heterocycles. The van der Waals surface area contributed by atoms with Crippen LogP contribution in [0.4, 0.5) is 4.39 Å². The maximum absolute atomic E-state index is 13.4. The van der Waals surface area contributed by atoms with E-state index in [9.17, 15) is 4.39 Å². The van der Waals surface area contributed by atoms with E-state index in [-0.39, 0.29) is 5.82 Å². The van der Waals surface area contributed by atoms with Gasteiger partial charge in [0.1, 0.15) is 5.82 Å². The van der Waals surface area contributed by atoms with E-state index < -0.39 is 0 Å². The molecule has 0 fully saturated rings. The van der Waals surface area contributed by atoms with Crippen molar-refractivity contribution in [3.8, 4) is 11.1 Å². The standard InChI is InChI=1S/C15H14ClFIN/c1-19(2)9-10-3-5-11(6-4-10)12-7-8-13(17)15(18)14(12)16/h3-8H,9H2,1-2H3. The quantitative estimate of drug-likeness (QED) is 0.538. The number of hydrogen-bond acceptors (Lipinski definition) is 1. The van der Waals surface area contributed by atoms with Crippen LogP contribution in [0.3, 0.4) is 0 Å². The summed E-state index contributed by atoms with van der Waals surface area (Å²) < 4.78 is 13.9. The molecule has 2 rings (SSSR count). The van der Waals surface area contributed by atoms with Gasteiger partial charge < -0.3 is 4.90 Å². The van der Waals surface area contributed by atoms with Gasteiger partial charge in [0.15, 0.2) is 0 Å². The first-order valence-electron chi connectivity index (χ1n) is 5.86. The third-order valence-corrected chi connectivity index (χ3v) is 4.56. The highest BCUT2D eigenvalue weighted by Crippen LogP contribution is 2.33. The Labute approximate surface area is 131 Å². The molecule has 0 radical (unpaired) electrons. The molecule has 0 unspecified atom stereocenters. The molecule has 0 N–H and O–H groups in total. The van der Waals surface area contributed by atoms with E-state index in [0.717, 1.165) is 17.7 Å². The first-order valence-corrected chi connectivity index (χ1v) is 7.32. The maximum atomic E-state index is 13.4. The number of nitrogens with zero attached hydrogens (tertiary/aromatic N) is 1. The van der Waals surface area contributed by atoms with Crippen LogP contribution in [0.1, 0.15) is 5.56 Å². The van der Waals surface area contributed by atoms with Crippen LogP contribution in [-0.4, -0.2) is 19.0 Å². The predicted octanol–water partition coefficient (Wildman–Crippen LogP) is 4.81. The summed E-state index contributed by atoms with van der Waals surface area (Å²) in [6, 6.07) is 11.4. The fourth-order valence-corrected chi connectivity index (χ4v) is 2.64. The third-order valence-electron chi connectivity index (χ3n) is 2.80. The lowest BCUT2D eigenvalue weighted by molar-refractivity contribution is 0.402. The van der Waals surface area contributed by atoms with E-state index in [0.29, 0.717) is 8.59 Å². The molecule has 0 heterocycles. The van der Waals surface area contributed by atoms with E-state index in [4.69, 9.17) is 11.6 Å². The van der Waals surface area contributed by atoms with Crippen molar-refractivity contribution in [2.75, 3.05) is 14.1 Å². The number of benzene rings is 2. The normalized spacial score (nSPS) is 11.1. The molecule has 0 saturated carbocycles. The second kappa shape index (κ2) is 6.20. The highest BCUT2D eigenvalue weighted by Gasteiger charge is 2.10. The van der Waals surface area contributed by atoms with Crippen LogP contribution in [0.25, 0.3) is 11.1 Å². The van der Waals surface area contributed by atoms with Crippen molar-refractivity contribution < 1.29 is 4.39 Å². The fraction of sp³-hybridized carbons (Fsp3) is 0.200. The SMILES string of the molecule is CN(C)Cc1ccc(-c2ccc(F)c(I)c2Cl)cc1. The Morgan fingerprint density at radius 3 is 2.32 bits per heavy atom. The van der Waals surface area contributed by atoms with E-state index in [1.54, 1.807) is 6.07 Å². The van der Waals surface area contributed by atoms with Gasteiger partial charge in [0.25, 0.3) is 0 Å². The first kappa shape index (κ1) is 14.8. The van der Waals surface area contributed by atoms with Gasteiger partial charge in [-0.05, 0) is 59.9 Å². The smallest absolute Gasteiger partial charge is 0.138 e. The highest BCUT2D eigenvalue weighted by atomic mass is 127. The molecule has 4 heteroatoms. The molecule has 1 nitrogen and oxygen atoms in total. The van der Waals surface area contributed by atoms with Gasteiger partial charge >= 0.3 is 0 Å². The molecule has 0 amide bonds. The lowest BCUT2D eigenvalue weighted by Gasteiger charge is -2.11. The Morgan fingerprint density at radius 1 is 1.11 bits per heavy atom. The summed E-state index contributed by atoms with van der Waals surface area (Å²) in [5.41, 5.74) is 3.11. The molecule has 2 aromatic carbocycles. The summed E-state index contributed by atoms with van der Waals surface area (Å²) in [4.78, 5) is 2.11. The van der Waals surface area contributed by atoms with Gasteiger partial charge in [0.2, 0.25) is 0 Å². The second-order valence-corrected chi connectivity index (χ2v) is 6.11. The van der Waals surface area contributed by atoms with Crippen LogP contribution in [0.5, 0.6) is 0 Å². The minimum absolute atomic E-state index is 0.279. The Kier molecular flexibility index (Phi) is 4.81. The molecular weight excluding hydrogens is 376 g/mol. The minimum atomic E-state index is -0.279. The van der Waals surface area contributed by atoms with Crippen LogP contribution in [0.2, 0.25) is 5.02 Å². The molecule has 2 aromatic rings. The van der Waals surface area contributed by atoms with Gasteiger partial charge in [-0.3, -0.25) is 0 Å². The Morgan fingerprint density at radius 2 is 1.74 bits per heavy atom. The summed E-state index contributed by atoms with van der Waals surface area (Å²) >= 11 is 8.13. The van der Waals surface area contributed by atoms with Crippen molar-refractivity contribution in [3.05, 3.63) is 56.4 Å². The molecule has 0 atom stereocenters. The lowest BCUT2D eigenvalue weighted by atomic mass is 10.0. The monoisotopic (exact) mass is 389 g/mol. The average Bonchev–Trinajstić information content (AvgIpc) is 2.37. The number of rotatable bonds is 3. The zero-order valence-corrected chi connectivity index (χ0v) is 13.7. The second-order valence-electron chi connectivity index (χ2n) is 4.66. The molecule has 100 valence electrons. The maximum Gasteiger partial charge on any atom is 0.138 e. The largest absolute Gasteiger partial charge is 0.305 e. The Bertz CT molecular complexity index is 581. The van der Waals surface area contributed by atoms with Crippen LogP contribution in [0.15, 0.2) is 36.4 Å². The fourth-order valence-electron chi connectivity index (χ4n) is 1.90. The van der Waals surface area contributed by atoms with Gasteiger partial charge in [0, 0.05) is 12.1 Å². The molecule has 0 spiro atoms. The molecule has 0 aliphatic rings. The molecule has 19 heavy (non-hydrogen) atoms. The van der Waals surface area contributed by atoms with Gasteiger partial charge in [-0.2, -0.15) is 0 Å². The van der Waals surface area contributed by atoms with Crippen LogP contribution >= 0.6 is 34.2 Å². The van der Waals surface area contributed by atoms with E-state index in [2.05, 4.69) is 17.0 Å². The van der Waals surface area contributed by atoms with Crippen molar-refractivity contribution in [1.29, 1.82) is 0 Å². The van der Waals surface area contributed by atoms with Gasteiger partial charge in [0.05, 0.1) is 8.59 Å². The van der Waals surface area contributed by atoms with Crippen molar-refractivity contribution in [3.63, 3.8) is 0 Å². The van der Waals surface area contributed by atoms with Crippen molar-refractivity contribution >= 4 is 34.2 Å². The Hall–Kier alpha value is -0.650. The van der Waals surface area contributed by atoms with E-state index in [1.807, 2.05) is 48.8 Å². The van der Waals surface area contributed by atoms with Gasteiger partial charge in [-0.1, -0.05) is 35.9 Å². The summed E-state index contributed by atoms with van der Waals surface area (Å²) in [7, 11) is 4.07. The number of hydrogen-bond donors (Lipinski definition) is 0. The average molecular weight is 390 g/mol. The third kappa shape index (κ3) is 3.46. The summed E-state index contributed by atoms with van der Waals surface area (Å²) in [5.74, 6) is -0.279. The Balaban J connectivity index is 2.35. The minimum Gasteiger partial charge on any atom is -0.305 e. The highest BCUT2D eigenvalue weighted by molar-refractivity contribution is 14.1. The molecular formula is C15H14ClFIN. The van der Waals surface area contributed by atoms with Crippen molar-refractivity contribution in [1.82, 2.24) is 4.90 Å². The molecule has 0 aromatic heterocycles. The van der Waals surface area contributed by atoms with Crippen molar-refractivity contribution in [2.24, 2.45) is 0 Å².